The maximum atomic E-state index is 12.7. The van der Waals surface area contributed by atoms with E-state index in [1.165, 1.54) is 0 Å². The Labute approximate surface area is 224 Å². The van der Waals surface area contributed by atoms with Crippen molar-refractivity contribution in [3.8, 4) is 5.75 Å². The number of para-hydroxylation sites is 1. The van der Waals surface area contributed by atoms with Crippen LogP contribution in [-0.4, -0.2) is 75.5 Å². The fourth-order valence-corrected chi connectivity index (χ4v) is 4.07. The van der Waals surface area contributed by atoms with Gasteiger partial charge in [-0.3, -0.25) is 9.78 Å². The normalized spacial score (nSPS) is 18.0. The molecule has 0 bridgehead atoms. The third kappa shape index (κ3) is 9.39. The Morgan fingerprint density at radius 1 is 0.975 bits per heavy atom. The fourth-order valence-electron chi connectivity index (χ4n) is 4.07. The lowest BCUT2D eigenvalue weighted by atomic mass is 9.80. The van der Waals surface area contributed by atoms with E-state index < -0.39 is 24.3 Å². The summed E-state index contributed by atoms with van der Waals surface area (Å²) in [6.45, 7) is 5.37. The topological polar surface area (TPSA) is 129 Å². The minimum atomic E-state index is -5.08. The van der Waals surface area contributed by atoms with Gasteiger partial charge in [0.25, 0.3) is 5.91 Å². The van der Waals surface area contributed by atoms with Crippen molar-refractivity contribution in [3.63, 3.8) is 0 Å². The molecule has 1 fully saturated rings. The Hall–Kier alpha value is -3.88. The number of aliphatic carboxylic acids is 2. The molecule has 3 heterocycles. The molecule has 9 nitrogen and oxygen atoms in total. The number of nitrogens with zero attached hydrogens (tertiary/aromatic N) is 2. The number of benzene rings is 1. The summed E-state index contributed by atoms with van der Waals surface area (Å²) in [4.78, 5) is 36.9. The summed E-state index contributed by atoms with van der Waals surface area (Å²) >= 11 is 0. The molecule has 1 unspecified atom stereocenters. The van der Waals surface area contributed by atoms with Gasteiger partial charge in [0, 0.05) is 43.0 Å². The number of amides is 1. The fraction of sp³-hybridized carbons (Fsp3) is 0.440. The number of nitrogens with one attached hydrogen (secondary N) is 1. The van der Waals surface area contributed by atoms with E-state index in [0.29, 0.717) is 5.56 Å². The van der Waals surface area contributed by atoms with Gasteiger partial charge < -0.3 is 25.2 Å². The van der Waals surface area contributed by atoms with Crippen LogP contribution in [0.25, 0.3) is 0 Å². The molecule has 0 aliphatic carbocycles. The molecule has 1 amide bonds. The molecule has 1 atom stereocenters. The molecule has 3 N–H and O–H groups in total. The van der Waals surface area contributed by atoms with Crippen molar-refractivity contribution >= 4 is 17.8 Å². The van der Waals surface area contributed by atoms with Crippen LogP contribution in [0.2, 0.25) is 0 Å². The maximum Gasteiger partial charge on any atom is 0.490 e. The second-order valence-electron chi connectivity index (χ2n) is 8.83. The lowest BCUT2D eigenvalue weighted by Gasteiger charge is -2.46. The zero-order valence-corrected chi connectivity index (χ0v) is 21.1. The summed E-state index contributed by atoms with van der Waals surface area (Å²) in [6.07, 6.45) is -4.06. The van der Waals surface area contributed by atoms with E-state index in [-0.39, 0.29) is 17.6 Å². The number of fused-ring (bicyclic) bond motifs is 1. The standard InChI is InChI=1S/C21H25N3O2.2C2HF3O2/c1-2-24-13-9-21(10-14-24)15-18(17-5-3-4-6-19(17)26-21)23-20(25)16-7-11-22-12-8-16;2*3-2(4,5)1(6)7/h3-8,11-12,18H,2,9-10,13-15H2,1H3,(H,23,25);2*(H,6,7). The van der Waals surface area contributed by atoms with Gasteiger partial charge in [-0.05, 0) is 37.6 Å². The largest absolute Gasteiger partial charge is 0.490 e. The first-order valence-corrected chi connectivity index (χ1v) is 11.9. The van der Waals surface area contributed by atoms with Crippen molar-refractivity contribution in [3.05, 3.63) is 59.9 Å². The van der Waals surface area contributed by atoms with Crippen molar-refractivity contribution < 1.29 is 55.7 Å². The molecular formula is C25H27F6N3O6. The van der Waals surface area contributed by atoms with Gasteiger partial charge in [-0.2, -0.15) is 26.3 Å². The number of carboxylic acid groups (broad SMARTS) is 2. The van der Waals surface area contributed by atoms with E-state index in [9.17, 15) is 31.1 Å². The molecule has 2 aromatic rings. The number of carboxylic acids is 2. The van der Waals surface area contributed by atoms with Crippen LogP contribution in [0.1, 0.15) is 48.1 Å². The highest BCUT2D eigenvalue weighted by atomic mass is 19.4. The lowest BCUT2D eigenvalue weighted by molar-refractivity contribution is -0.193. The first-order chi connectivity index (χ1) is 18.6. The van der Waals surface area contributed by atoms with Crippen molar-refractivity contribution in [2.24, 2.45) is 0 Å². The van der Waals surface area contributed by atoms with Gasteiger partial charge in [0.15, 0.2) is 0 Å². The zero-order valence-electron chi connectivity index (χ0n) is 21.1. The first-order valence-electron chi connectivity index (χ1n) is 11.9. The molecule has 1 aromatic heterocycles. The van der Waals surface area contributed by atoms with Gasteiger partial charge in [-0.25, -0.2) is 9.59 Å². The van der Waals surface area contributed by atoms with Crippen LogP contribution in [0.3, 0.4) is 0 Å². The van der Waals surface area contributed by atoms with Crippen LogP contribution in [0, 0.1) is 0 Å². The molecule has 1 saturated heterocycles. The number of carbonyl (C=O) groups excluding carboxylic acids is 1. The predicted octanol–water partition coefficient (Wildman–Crippen LogP) is 4.46. The number of alkyl halides is 6. The van der Waals surface area contributed by atoms with Crippen LogP contribution < -0.4 is 10.1 Å². The highest BCUT2D eigenvalue weighted by molar-refractivity contribution is 5.94. The third-order valence-electron chi connectivity index (χ3n) is 6.14. The zero-order chi connectivity index (χ0) is 30.1. The number of pyridine rings is 1. The summed E-state index contributed by atoms with van der Waals surface area (Å²) in [5.74, 6) is -4.67. The number of halogens is 6. The molecule has 40 heavy (non-hydrogen) atoms. The van der Waals surface area contributed by atoms with Gasteiger partial charge in [0.1, 0.15) is 11.4 Å². The van der Waals surface area contributed by atoms with Gasteiger partial charge >= 0.3 is 24.3 Å². The van der Waals surface area contributed by atoms with E-state index in [1.54, 1.807) is 24.5 Å². The molecule has 1 spiro atoms. The van der Waals surface area contributed by atoms with E-state index in [2.05, 4.69) is 28.2 Å². The second kappa shape index (κ2) is 13.5. The first kappa shape index (κ1) is 32.3. The summed E-state index contributed by atoms with van der Waals surface area (Å²) in [5.41, 5.74) is 1.52. The predicted molar refractivity (Wildman–Crippen MR) is 128 cm³/mol. The van der Waals surface area contributed by atoms with Gasteiger partial charge in [-0.15, -0.1) is 0 Å². The smallest absolute Gasteiger partial charge is 0.487 e. The van der Waals surface area contributed by atoms with Gasteiger partial charge in [-0.1, -0.05) is 25.1 Å². The van der Waals surface area contributed by atoms with Crippen LogP contribution in [-0.2, 0) is 9.59 Å². The quantitative estimate of drug-likeness (QED) is 0.455. The van der Waals surface area contributed by atoms with Crippen LogP contribution in [0.4, 0.5) is 26.3 Å². The van der Waals surface area contributed by atoms with E-state index in [1.807, 2.05) is 18.2 Å². The Morgan fingerprint density at radius 2 is 1.48 bits per heavy atom. The van der Waals surface area contributed by atoms with Crippen LogP contribution >= 0.6 is 0 Å². The summed E-state index contributed by atoms with van der Waals surface area (Å²) in [7, 11) is 0. The number of likely N-dealkylation sites (tertiary alicyclic amines) is 1. The van der Waals surface area contributed by atoms with Gasteiger partial charge in [0.2, 0.25) is 0 Å². The lowest BCUT2D eigenvalue weighted by Crippen LogP contribution is -2.52. The number of hydrogen-bond acceptors (Lipinski definition) is 6. The van der Waals surface area contributed by atoms with Crippen molar-refractivity contribution in [2.75, 3.05) is 19.6 Å². The van der Waals surface area contributed by atoms with E-state index in [0.717, 1.165) is 50.2 Å². The SMILES string of the molecule is CCN1CCC2(CC1)CC(NC(=O)c1ccncc1)c1ccccc1O2.O=C(O)C(F)(F)F.O=C(O)C(F)(F)F. The third-order valence-corrected chi connectivity index (χ3v) is 6.14. The molecule has 0 saturated carbocycles. The van der Waals surface area contributed by atoms with Crippen LogP contribution in [0.15, 0.2) is 48.8 Å². The number of ether oxygens (including phenoxy) is 1. The van der Waals surface area contributed by atoms with Crippen molar-refractivity contribution in [1.82, 2.24) is 15.2 Å². The molecule has 220 valence electrons. The molecule has 1 aromatic carbocycles. The summed E-state index contributed by atoms with van der Waals surface area (Å²) in [6, 6.07) is 11.5. The molecule has 2 aliphatic heterocycles. The monoisotopic (exact) mass is 579 g/mol. The molecule has 0 radical (unpaired) electrons. The number of piperidine rings is 1. The Bertz CT molecular complexity index is 1130. The molecule has 2 aliphatic rings. The van der Waals surface area contributed by atoms with E-state index in [4.69, 9.17) is 24.5 Å². The summed E-state index contributed by atoms with van der Waals surface area (Å²) < 4.78 is 70.0. The van der Waals surface area contributed by atoms with E-state index >= 15 is 0 Å². The average Bonchev–Trinajstić information content (AvgIpc) is 2.89. The maximum absolute atomic E-state index is 12.7. The second-order valence-corrected chi connectivity index (χ2v) is 8.83. The number of rotatable bonds is 3. The Kier molecular flexibility index (Phi) is 10.9. The number of hydrogen-bond donors (Lipinski definition) is 3. The Morgan fingerprint density at radius 3 is 1.95 bits per heavy atom. The van der Waals surface area contributed by atoms with Gasteiger partial charge in [0.05, 0.1) is 6.04 Å². The summed E-state index contributed by atoms with van der Waals surface area (Å²) in [5, 5.41) is 17.5. The Balaban J connectivity index is 0.000000333. The average molecular weight is 579 g/mol. The number of aromatic nitrogens is 1. The minimum absolute atomic E-state index is 0.0335. The molecule has 4 rings (SSSR count). The number of carbonyl (C=O) groups is 3. The molecular weight excluding hydrogens is 552 g/mol. The highest BCUT2D eigenvalue weighted by Gasteiger charge is 2.43. The van der Waals surface area contributed by atoms with Crippen molar-refractivity contribution in [1.29, 1.82) is 0 Å². The molecule has 15 heteroatoms. The highest BCUT2D eigenvalue weighted by Crippen LogP contribution is 2.44. The minimum Gasteiger partial charge on any atom is -0.487 e. The van der Waals surface area contributed by atoms with Crippen molar-refractivity contribution in [2.45, 2.75) is 50.2 Å². The van der Waals surface area contributed by atoms with Crippen LogP contribution in [0.5, 0.6) is 5.75 Å².